The number of alkyl halides is 6. The number of hydrogen-bond acceptors (Lipinski definition) is 3. The van der Waals surface area contributed by atoms with E-state index in [0.29, 0.717) is 6.42 Å². The zero-order valence-corrected chi connectivity index (χ0v) is 24.5. The molecule has 1 atom stereocenters. The molecule has 0 saturated carbocycles. The van der Waals surface area contributed by atoms with E-state index in [0.717, 1.165) is 49.1 Å². The molecule has 4 nitrogen and oxygen atoms in total. The van der Waals surface area contributed by atoms with Gasteiger partial charge in [-0.1, -0.05) is 80.8 Å². The van der Waals surface area contributed by atoms with E-state index in [9.17, 15) is 36.2 Å². The quantitative estimate of drug-likeness (QED) is 0.121. The van der Waals surface area contributed by atoms with Gasteiger partial charge in [0.2, 0.25) is 0 Å². The van der Waals surface area contributed by atoms with Gasteiger partial charge >= 0.3 is 12.4 Å². The maximum absolute atomic E-state index is 13.9. The summed E-state index contributed by atoms with van der Waals surface area (Å²) < 4.78 is 87.9. The van der Waals surface area contributed by atoms with Crippen molar-refractivity contribution in [3.63, 3.8) is 0 Å². The Labute approximate surface area is 257 Å². The van der Waals surface area contributed by atoms with E-state index in [-0.39, 0.29) is 46.2 Å². The highest BCUT2D eigenvalue weighted by atomic mass is 19.4. The number of ether oxygens (including phenoxy) is 1. The van der Waals surface area contributed by atoms with Crippen LogP contribution >= 0.6 is 0 Å². The fourth-order valence-electron chi connectivity index (χ4n) is 5.07. The summed E-state index contributed by atoms with van der Waals surface area (Å²) in [5.41, 5.74) is -0.865. The molecule has 0 heterocycles. The van der Waals surface area contributed by atoms with E-state index in [2.05, 4.69) is 12.2 Å². The van der Waals surface area contributed by atoms with Crippen LogP contribution in [0.5, 0.6) is 5.75 Å². The Morgan fingerprint density at radius 2 is 1.33 bits per heavy atom. The summed E-state index contributed by atoms with van der Waals surface area (Å²) in [6.45, 7) is 1.29. The molecule has 0 spiro atoms. The van der Waals surface area contributed by atoms with Gasteiger partial charge in [0.1, 0.15) is 12.4 Å². The van der Waals surface area contributed by atoms with Gasteiger partial charge in [0.05, 0.1) is 23.8 Å². The molecule has 0 aliphatic carbocycles. The summed E-state index contributed by atoms with van der Waals surface area (Å²) in [5, 5.41) is 12.5. The number of benzene rings is 4. The number of carbonyl (C=O) groups excluding carboxylic acids is 1. The van der Waals surface area contributed by atoms with Crippen molar-refractivity contribution in [3.8, 4) is 28.0 Å². The molecule has 45 heavy (non-hydrogen) atoms. The Bertz CT molecular complexity index is 1510. The van der Waals surface area contributed by atoms with Crippen molar-refractivity contribution in [2.45, 2.75) is 51.0 Å². The molecule has 0 aromatic heterocycles. The van der Waals surface area contributed by atoms with Gasteiger partial charge in [0.25, 0.3) is 5.91 Å². The van der Waals surface area contributed by atoms with E-state index in [1.807, 2.05) is 30.3 Å². The van der Waals surface area contributed by atoms with E-state index in [4.69, 9.17) is 4.74 Å². The number of aliphatic hydroxyl groups is 1. The number of carbonyl (C=O) groups is 1. The highest BCUT2D eigenvalue weighted by molar-refractivity contribution is 5.99. The summed E-state index contributed by atoms with van der Waals surface area (Å²) in [5.74, 6) is -0.627. The van der Waals surface area contributed by atoms with Crippen molar-refractivity contribution in [3.05, 3.63) is 113 Å². The second-order valence-electron chi connectivity index (χ2n) is 10.6. The first kappa shape index (κ1) is 33.6. The fraction of sp³-hybridized carbons (Fsp3) is 0.286. The first-order valence-electron chi connectivity index (χ1n) is 14.5. The molecule has 1 amide bonds. The molecular formula is C35H33F6NO3. The molecular weight excluding hydrogens is 596 g/mol. The molecule has 0 saturated heterocycles. The molecule has 0 aliphatic rings. The van der Waals surface area contributed by atoms with Crippen LogP contribution in [0, 0.1) is 0 Å². The zero-order chi connectivity index (χ0) is 32.6. The number of halogens is 6. The minimum absolute atomic E-state index is 0.0163. The number of unbranched alkanes of at least 4 members (excludes halogenated alkanes) is 2. The zero-order valence-electron chi connectivity index (χ0n) is 24.5. The molecule has 0 fully saturated rings. The lowest BCUT2D eigenvalue weighted by Gasteiger charge is -2.22. The predicted molar refractivity (Wildman–Crippen MR) is 161 cm³/mol. The fourth-order valence-corrected chi connectivity index (χ4v) is 5.07. The SMILES string of the molecule is CCCCCC(NC(=O)c1cc(-c2cccc(C(F)(F)F)c2)c(OCCO)c(-c2cccc(C(F)(F)F)c2)c1)c1ccccc1. The van der Waals surface area contributed by atoms with Crippen LogP contribution in [0.3, 0.4) is 0 Å². The van der Waals surface area contributed by atoms with Crippen LogP contribution in [0.1, 0.15) is 65.7 Å². The molecule has 238 valence electrons. The van der Waals surface area contributed by atoms with Crippen molar-refractivity contribution in [2.75, 3.05) is 13.2 Å². The van der Waals surface area contributed by atoms with Gasteiger partial charge in [-0.3, -0.25) is 4.79 Å². The number of hydrogen-bond donors (Lipinski definition) is 2. The largest absolute Gasteiger partial charge is 0.490 e. The molecule has 4 aromatic rings. The number of rotatable bonds is 12. The Balaban J connectivity index is 1.91. The minimum Gasteiger partial charge on any atom is -0.490 e. The molecule has 10 heteroatoms. The van der Waals surface area contributed by atoms with E-state index >= 15 is 0 Å². The number of amides is 1. The summed E-state index contributed by atoms with van der Waals surface area (Å²) >= 11 is 0. The molecule has 0 radical (unpaired) electrons. The van der Waals surface area contributed by atoms with Crippen LogP contribution in [0.4, 0.5) is 26.3 Å². The first-order chi connectivity index (χ1) is 21.4. The normalized spacial score (nSPS) is 12.5. The van der Waals surface area contributed by atoms with Crippen LogP contribution < -0.4 is 10.1 Å². The van der Waals surface area contributed by atoms with Gasteiger partial charge in [-0.05, 0) is 59.5 Å². The monoisotopic (exact) mass is 629 g/mol. The van der Waals surface area contributed by atoms with Crippen molar-refractivity contribution in [1.29, 1.82) is 0 Å². The number of aliphatic hydroxyl groups excluding tert-OH is 1. The van der Waals surface area contributed by atoms with Gasteiger partial charge in [-0.2, -0.15) is 26.3 Å². The van der Waals surface area contributed by atoms with Crippen molar-refractivity contribution in [1.82, 2.24) is 5.32 Å². The molecule has 0 bridgehead atoms. The standard InChI is InChI=1S/C35H33F6NO3/c1-2-3-5-16-31(23-10-6-4-7-11-23)42-33(44)26-21-29(24-12-8-14-27(19-24)34(36,37)38)32(45-18-17-43)30(22-26)25-13-9-15-28(20-25)35(39,40)41/h4,6-15,19-22,31,43H,2-3,5,16-18H2,1H3,(H,42,44). The maximum Gasteiger partial charge on any atom is 0.416 e. The van der Waals surface area contributed by atoms with Crippen molar-refractivity contribution >= 4 is 5.91 Å². The van der Waals surface area contributed by atoms with E-state index < -0.39 is 36.0 Å². The van der Waals surface area contributed by atoms with Gasteiger partial charge in [-0.25, -0.2) is 0 Å². The summed E-state index contributed by atoms with van der Waals surface area (Å²) in [6.07, 6.45) is -6.00. The third kappa shape index (κ3) is 8.66. The molecule has 2 N–H and O–H groups in total. The maximum atomic E-state index is 13.9. The second kappa shape index (κ2) is 14.6. The van der Waals surface area contributed by atoms with Crippen LogP contribution in [-0.2, 0) is 12.4 Å². The first-order valence-corrected chi connectivity index (χ1v) is 14.5. The third-order valence-electron chi connectivity index (χ3n) is 7.29. The lowest BCUT2D eigenvalue weighted by molar-refractivity contribution is -0.138. The lowest BCUT2D eigenvalue weighted by atomic mass is 9.92. The van der Waals surface area contributed by atoms with Gasteiger partial charge < -0.3 is 15.2 Å². The average molecular weight is 630 g/mol. The topological polar surface area (TPSA) is 58.6 Å². The van der Waals surface area contributed by atoms with Gasteiger partial charge in [-0.15, -0.1) is 0 Å². The van der Waals surface area contributed by atoms with Crippen molar-refractivity contribution < 1.29 is 41.0 Å². The van der Waals surface area contributed by atoms with Gasteiger partial charge in [0, 0.05) is 16.7 Å². The summed E-state index contributed by atoms with van der Waals surface area (Å²) in [7, 11) is 0. The van der Waals surface area contributed by atoms with Crippen molar-refractivity contribution in [2.24, 2.45) is 0 Å². The van der Waals surface area contributed by atoms with Crippen LogP contribution in [0.2, 0.25) is 0 Å². The smallest absolute Gasteiger partial charge is 0.416 e. The molecule has 4 rings (SSSR count). The van der Waals surface area contributed by atoms with E-state index in [1.165, 1.54) is 36.4 Å². The Morgan fingerprint density at radius 1 is 0.778 bits per heavy atom. The Morgan fingerprint density at radius 3 is 1.82 bits per heavy atom. The Kier molecular flexibility index (Phi) is 10.9. The minimum atomic E-state index is -4.68. The molecule has 4 aromatic carbocycles. The average Bonchev–Trinajstić information content (AvgIpc) is 3.02. The summed E-state index contributed by atoms with van der Waals surface area (Å²) in [4.78, 5) is 13.9. The highest BCUT2D eigenvalue weighted by Crippen LogP contribution is 2.43. The van der Waals surface area contributed by atoms with Crippen LogP contribution in [0.25, 0.3) is 22.3 Å². The van der Waals surface area contributed by atoms with Crippen LogP contribution in [-0.4, -0.2) is 24.2 Å². The predicted octanol–water partition coefficient (Wildman–Crippen LogP) is 9.48. The lowest BCUT2D eigenvalue weighted by Crippen LogP contribution is -2.28. The van der Waals surface area contributed by atoms with E-state index in [1.54, 1.807) is 0 Å². The third-order valence-corrected chi connectivity index (χ3v) is 7.29. The molecule has 1 unspecified atom stereocenters. The van der Waals surface area contributed by atoms with Crippen LogP contribution in [0.15, 0.2) is 91.0 Å². The molecule has 0 aliphatic heterocycles. The number of nitrogens with one attached hydrogen (secondary N) is 1. The van der Waals surface area contributed by atoms with Gasteiger partial charge in [0.15, 0.2) is 0 Å². The summed E-state index contributed by atoms with van der Waals surface area (Å²) in [6, 6.07) is 20.4. The Hall–Kier alpha value is -4.31. The highest BCUT2D eigenvalue weighted by Gasteiger charge is 2.32. The second-order valence-corrected chi connectivity index (χ2v) is 10.6.